The molecule has 12 nitrogen and oxygen atoms in total. The van der Waals surface area contributed by atoms with Crippen molar-refractivity contribution in [1.82, 2.24) is 9.44 Å². The zero-order chi connectivity index (χ0) is 31.0. The minimum atomic E-state index is -3.78. The molecule has 4 rings (SSSR count). The smallest absolute Gasteiger partial charge is 0.528 e. The fourth-order valence-electron chi connectivity index (χ4n) is 5.09. The van der Waals surface area contributed by atoms with Gasteiger partial charge in [0.25, 0.3) is 11.8 Å². The van der Waals surface area contributed by atoms with E-state index in [2.05, 4.69) is 0 Å². The van der Waals surface area contributed by atoms with Gasteiger partial charge in [-0.1, -0.05) is 12.8 Å². The second-order valence-electron chi connectivity index (χ2n) is 10.9. The van der Waals surface area contributed by atoms with Crippen molar-refractivity contribution >= 4 is 39.5 Å². The molecule has 2 amide bonds. The normalized spacial score (nSPS) is 16.5. The quantitative estimate of drug-likeness (QED) is 0.331. The summed E-state index contributed by atoms with van der Waals surface area (Å²) in [6.45, 7) is 0. The van der Waals surface area contributed by atoms with Crippen molar-refractivity contribution in [2.24, 2.45) is 0 Å². The Morgan fingerprint density at radius 3 is 1.37 bits per heavy atom. The lowest BCUT2D eigenvalue weighted by Gasteiger charge is -2.24. The van der Waals surface area contributed by atoms with Gasteiger partial charge >= 0.3 is 7.69 Å². The zero-order valence-electron chi connectivity index (χ0n) is 24.3. The van der Waals surface area contributed by atoms with E-state index >= 15 is 0 Å². The molecule has 0 radical (unpaired) electrons. The number of hydrogen-bond acceptors (Lipinski definition) is 10. The summed E-state index contributed by atoms with van der Waals surface area (Å²) >= 11 is 0. The van der Waals surface area contributed by atoms with Crippen LogP contribution in [-0.4, -0.2) is 61.1 Å². The molecule has 2 aromatic rings. The molecule has 0 aliphatic heterocycles. The van der Waals surface area contributed by atoms with E-state index in [4.69, 9.17) is 18.8 Å². The van der Waals surface area contributed by atoms with Crippen LogP contribution in [0.3, 0.4) is 0 Å². The highest BCUT2D eigenvalue weighted by Crippen LogP contribution is 2.32. The number of hydrogen-bond donors (Lipinski definition) is 2. The van der Waals surface area contributed by atoms with Gasteiger partial charge in [0, 0.05) is 12.1 Å². The number of benzene rings is 2. The molecule has 0 heterocycles. The average molecular weight is 637 g/mol. The van der Waals surface area contributed by atoms with Crippen LogP contribution in [0.4, 0.5) is 0 Å². The van der Waals surface area contributed by atoms with Crippen LogP contribution in [0.15, 0.2) is 36.4 Å². The second kappa shape index (κ2) is 14.3. The molecule has 0 spiro atoms. The highest BCUT2D eigenvalue weighted by atomic mass is 32.2. The minimum Gasteiger partial charge on any atom is -0.528 e. The van der Waals surface area contributed by atoms with Gasteiger partial charge in [-0.3, -0.25) is 9.59 Å². The number of ether oxygens (including phenoxy) is 2. The van der Waals surface area contributed by atoms with Crippen LogP contribution in [0.5, 0.6) is 23.0 Å². The fourth-order valence-corrected chi connectivity index (χ4v) is 5.99. The van der Waals surface area contributed by atoms with Gasteiger partial charge in [0.2, 0.25) is 20.0 Å². The van der Waals surface area contributed by atoms with Crippen molar-refractivity contribution in [3.63, 3.8) is 0 Å². The molecule has 2 aliphatic rings. The van der Waals surface area contributed by atoms with Gasteiger partial charge in [0.1, 0.15) is 23.0 Å². The summed E-state index contributed by atoms with van der Waals surface area (Å²) in [6.07, 6.45) is 11.1. The lowest BCUT2D eigenvalue weighted by molar-refractivity contribution is 0.0959. The summed E-state index contributed by atoms with van der Waals surface area (Å²) in [5.74, 6) is -0.554. The minimum absolute atomic E-state index is 0.0664. The first kappa shape index (κ1) is 32.5. The number of nitrogens with one attached hydrogen (secondary N) is 2. The largest absolute Gasteiger partial charge is 0.576 e. The van der Waals surface area contributed by atoms with Crippen LogP contribution >= 0.6 is 0 Å². The molecule has 234 valence electrons. The van der Waals surface area contributed by atoms with Crippen LogP contribution < -0.4 is 28.2 Å². The monoisotopic (exact) mass is 636 g/mol. The predicted molar refractivity (Wildman–Crippen MR) is 161 cm³/mol. The molecule has 2 aliphatic carbocycles. The van der Waals surface area contributed by atoms with Crippen molar-refractivity contribution in [1.29, 1.82) is 0 Å². The third-order valence-electron chi connectivity index (χ3n) is 7.09. The van der Waals surface area contributed by atoms with E-state index in [1.54, 1.807) is 0 Å². The average Bonchev–Trinajstić information content (AvgIpc) is 2.92. The van der Waals surface area contributed by atoms with E-state index in [9.17, 15) is 26.4 Å². The van der Waals surface area contributed by atoms with E-state index in [-0.39, 0.29) is 42.5 Å². The van der Waals surface area contributed by atoms with E-state index in [1.165, 1.54) is 36.4 Å². The zero-order valence-corrected chi connectivity index (χ0v) is 25.9. The van der Waals surface area contributed by atoms with Gasteiger partial charge in [-0.2, -0.15) is 0 Å². The molecule has 15 heteroatoms. The highest BCUT2D eigenvalue weighted by Gasteiger charge is 2.23. The topological polar surface area (TPSA) is 163 Å². The predicted octanol–water partition coefficient (Wildman–Crippen LogP) is 3.21. The Morgan fingerprint density at radius 1 is 0.651 bits per heavy atom. The Kier molecular flexibility index (Phi) is 10.8. The maximum absolute atomic E-state index is 12.7. The highest BCUT2D eigenvalue weighted by molar-refractivity contribution is 7.89. The third kappa shape index (κ3) is 10.3. The number of rotatable bonds is 12. The summed E-state index contributed by atoms with van der Waals surface area (Å²) in [5.41, 5.74) is 0.133. The number of carbonyl (C=O) groups excluding carboxylic acids is 2. The van der Waals surface area contributed by atoms with Gasteiger partial charge in [-0.15, -0.1) is 0 Å². The van der Waals surface area contributed by atoms with Gasteiger partial charge in [0.15, 0.2) is 0 Å². The molecule has 0 bridgehead atoms. The molecule has 2 N–H and O–H groups in total. The van der Waals surface area contributed by atoms with E-state index in [0.29, 0.717) is 11.5 Å². The molecule has 0 saturated heterocycles. The van der Waals surface area contributed by atoms with Gasteiger partial charge < -0.3 is 18.8 Å². The number of amides is 2. The summed E-state index contributed by atoms with van der Waals surface area (Å²) in [6, 6.07) is 8.91. The number of carbonyl (C=O) groups is 2. The van der Waals surface area contributed by atoms with Crippen LogP contribution in [0.25, 0.3) is 0 Å². The molecular weight excluding hydrogens is 599 g/mol. The molecule has 2 saturated carbocycles. The lowest BCUT2D eigenvalue weighted by Crippen LogP contribution is -2.30. The van der Waals surface area contributed by atoms with Crippen LogP contribution in [0.2, 0.25) is 0 Å². The van der Waals surface area contributed by atoms with Crippen molar-refractivity contribution in [3.8, 4) is 23.0 Å². The Labute approximate surface area is 253 Å². The molecule has 43 heavy (non-hydrogen) atoms. The molecule has 0 unspecified atom stereocenters. The molecule has 2 fully saturated rings. The Balaban J connectivity index is 1.48. The van der Waals surface area contributed by atoms with E-state index in [0.717, 1.165) is 76.7 Å². The first-order chi connectivity index (χ1) is 20.4. The van der Waals surface area contributed by atoms with Crippen LogP contribution in [0.1, 0.15) is 84.9 Å². The summed E-state index contributed by atoms with van der Waals surface area (Å²) in [5, 5.41) is 0. The maximum Gasteiger partial charge on any atom is 0.576 e. The first-order valence-corrected chi connectivity index (χ1v) is 18.1. The van der Waals surface area contributed by atoms with E-state index < -0.39 is 31.9 Å². The standard InChI is InChI=1S/C28H37BN2O10S2/c1-42(34,35)30-27(32)23-15-13-21(17-25(23)38-19-9-5-3-6-10-19)40-29-41-22-14-16-24(28(33)31-43(2,36)37)26(18-22)39-20-11-7-4-8-12-20/h13-20,29H,3-12H2,1-2H3,(H,30,32)(H,31,33). The third-order valence-corrected chi connectivity index (χ3v) is 8.21. The summed E-state index contributed by atoms with van der Waals surface area (Å²) in [4.78, 5) is 25.3. The van der Waals surface area contributed by atoms with Crippen molar-refractivity contribution in [2.75, 3.05) is 12.5 Å². The Bertz CT molecular complexity index is 1410. The van der Waals surface area contributed by atoms with Crippen molar-refractivity contribution in [3.05, 3.63) is 47.5 Å². The van der Waals surface area contributed by atoms with E-state index in [1.807, 2.05) is 9.44 Å². The molecular formula is C28H37BN2O10S2. The van der Waals surface area contributed by atoms with Gasteiger partial charge in [-0.25, -0.2) is 26.3 Å². The van der Waals surface area contributed by atoms with Crippen LogP contribution in [0, 0.1) is 0 Å². The fraction of sp³-hybridized carbons (Fsp3) is 0.500. The Hall–Kier alpha value is -3.46. The van der Waals surface area contributed by atoms with Crippen molar-refractivity contribution < 1.29 is 45.2 Å². The van der Waals surface area contributed by atoms with Gasteiger partial charge in [-0.05, 0) is 75.6 Å². The maximum atomic E-state index is 12.7. The van der Waals surface area contributed by atoms with Gasteiger partial charge in [0.05, 0.1) is 35.8 Å². The summed E-state index contributed by atoms with van der Waals surface area (Å²) in [7, 11) is -7.81. The SMILES string of the molecule is CS(=O)(=O)NC(=O)c1ccc(OBOc2ccc(C(=O)NS(C)(=O)=O)c(OC3CCCCC3)c2)cc1OC1CCCCC1. The lowest BCUT2D eigenvalue weighted by atomic mass is 9.97. The first-order valence-electron chi connectivity index (χ1n) is 14.3. The van der Waals surface area contributed by atoms with Crippen molar-refractivity contribution in [2.45, 2.75) is 76.4 Å². The van der Waals surface area contributed by atoms with Crippen LogP contribution in [-0.2, 0) is 20.0 Å². The molecule has 0 aromatic heterocycles. The molecule has 0 atom stereocenters. The summed E-state index contributed by atoms with van der Waals surface area (Å²) < 4.78 is 74.2. The second-order valence-corrected chi connectivity index (χ2v) is 14.4. The molecule has 2 aromatic carbocycles. The number of sulfonamides is 2. The Morgan fingerprint density at radius 2 is 1.02 bits per heavy atom.